The lowest BCUT2D eigenvalue weighted by atomic mass is 9.87. The third-order valence-corrected chi connectivity index (χ3v) is 4.05. The average molecular weight is 335 g/mol. The molecule has 7 heteroatoms. The highest BCUT2D eigenvalue weighted by Gasteiger charge is 2.51. The van der Waals surface area contributed by atoms with E-state index in [9.17, 15) is 18.8 Å². The monoisotopic (exact) mass is 335 g/mol. The third kappa shape index (κ3) is 3.39. The van der Waals surface area contributed by atoms with Crippen molar-refractivity contribution in [2.45, 2.75) is 32.7 Å². The van der Waals surface area contributed by atoms with Crippen LogP contribution in [-0.4, -0.2) is 35.8 Å². The van der Waals surface area contributed by atoms with Gasteiger partial charge in [-0.2, -0.15) is 0 Å². The van der Waals surface area contributed by atoms with Crippen LogP contribution in [-0.2, 0) is 15.1 Å². The first kappa shape index (κ1) is 17.9. The molecule has 1 aliphatic rings. The van der Waals surface area contributed by atoms with E-state index >= 15 is 0 Å². The Hall–Kier alpha value is -2.44. The number of carbonyl (C=O) groups is 3. The fourth-order valence-corrected chi connectivity index (χ4v) is 2.66. The third-order valence-electron chi connectivity index (χ3n) is 4.05. The molecule has 2 N–H and O–H groups in total. The minimum Gasteiger partial charge on any atom is -0.354 e. The maximum absolute atomic E-state index is 13.1. The molecule has 6 nitrogen and oxygen atoms in total. The van der Waals surface area contributed by atoms with Gasteiger partial charge in [0.2, 0.25) is 5.91 Å². The number of imide groups is 1. The Bertz CT molecular complexity index is 645. The van der Waals surface area contributed by atoms with Crippen LogP contribution in [0, 0.1) is 11.7 Å². The van der Waals surface area contributed by atoms with Gasteiger partial charge in [-0.3, -0.25) is 14.5 Å². The fourth-order valence-electron chi connectivity index (χ4n) is 2.66. The van der Waals surface area contributed by atoms with Gasteiger partial charge < -0.3 is 10.6 Å². The smallest absolute Gasteiger partial charge is 0.325 e. The van der Waals surface area contributed by atoms with Crippen molar-refractivity contribution in [1.82, 2.24) is 15.5 Å². The summed E-state index contributed by atoms with van der Waals surface area (Å²) in [6.07, 6.45) is 0.299. The minimum absolute atomic E-state index is 0.269. The summed E-state index contributed by atoms with van der Waals surface area (Å²) < 4.78 is 13.1. The van der Waals surface area contributed by atoms with Crippen LogP contribution in [0.3, 0.4) is 0 Å². The molecule has 1 atom stereocenters. The first-order valence-corrected chi connectivity index (χ1v) is 7.97. The number of hydrogen-bond donors (Lipinski definition) is 2. The van der Waals surface area contributed by atoms with Crippen LogP contribution in [0.5, 0.6) is 0 Å². The Morgan fingerprint density at radius 1 is 1.29 bits per heavy atom. The lowest BCUT2D eigenvalue weighted by Gasteiger charge is -2.25. The molecular weight excluding hydrogens is 313 g/mol. The van der Waals surface area contributed by atoms with Crippen LogP contribution in [0.2, 0.25) is 0 Å². The maximum atomic E-state index is 13.1. The Morgan fingerprint density at radius 3 is 2.46 bits per heavy atom. The van der Waals surface area contributed by atoms with E-state index in [1.807, 2.05) is 13.8 Å². The normalized spacial score (nSPS) is 20.5. The summed E-state index contributed by atoms with van der Waals surface area (Å²) in [5, 5.41) is 5.34. The van der Waals surface area contributed by atoms with Crippen molar-refractivity contribution in [3.8, 4) is 0 Å². The van der Waals surface area contributed by atoms with Crippen molar-refractivity contribution in [2.75, 3.05) is 13.1 Å². The number of halogens is 1. The van der Waals surface area contributed by atoms with Crippen LogP contribution in [0.1, 0.15) is 32.8 Å². The molecule has 1 aromatic carbocycles. The molecule has 1 unspecified atom stereocenters. The summed E-state index contributed by atoms with van der Waals surface area (Å²) in [6, 6.07) is 4.80. The molecular formula is C17H22FN3O3. The van der Waals surface area contributed by atoms with E-state index in [1.54, 1.807) is 6.92 Å². The summed E-state index contributed by atoms with van der Waals surface area (Å²) in [4.78, 5) is 37.9. The van der Waals surface area contributed by atoms with E-state index in [1.165, 1.54) is 24.3 Å². The quantitative estimate of drug-likeness (QED) is 0.778. The lowest BCUT2D eigenvalue weighted by molar-refractivity contribution is -0.135. The van der Waals surface area contributed by atoms with Gasteiger partial charge in [-0.25, -0.2) is 9.18 Å². The number of amides is 4. The van der Waals surface area contributed by atoms with Crippen molar-refractivity contribution >= 4 is 17.8 Å². The molecule has 0 bridgehead atoms. The van der Waals surface area contributed by atoms with Gasteiger partial charge in [0.15, 0.2) is 0 Å². The van der Waals surface area contributed by atoms with Gasteiger partial charge in [-0.15, -0.1) is 0 Å². The number of nitrogens with zero attached hydrogens (tertiary/aromatic N) is 1. The van der Waals surface area contributed by atoms with Crippen LogP contribution < -0.4 is 10.6 Å². The molecule has 0 aromatic heterocycles. The highest BCUT2D eigenvalue weighted by Crippen LogP contribution is 2.32. The van der Waals surface area contributed by atoms with Gasteiger partial charge >= 0.3 is 6.03 Å². The zero-order valence-electron chi connectivity index (χ0n) is 14.1. The number of rotatable bonds is 6. The summed E-state index contributed by atoms with van der Waals surface area (Å²) in [7, 11) is 0. The molecule has 130 valence electrons. The summed E-state index contributed by atoms with van der Waals surface area (Å²) in [5.74, 6) is -1.04. The molecule has 1 fully saturated rings. The van der Waals surface area contributed by atoms with E-state index in [2.05, 4.69) is 10.6 Å². The first-order valence-electron chi connectivity index (χ1n) is 7.97. The van der Waals surface area contributed by atoms with Crippen molar-refractivity contribution in [2.24, 2.45) is 5.92 Å². The Labute approximate surface area is 140 Å². The van der Waals surface area contributed by atoms with Gasteiger partial charge in [0.05, 0.1) is 0 Å². The molecule has 4 amide bonds. The van der Waals surface area contributed by atoms with Crippen molar-refractivity contribution in [3.05, 3.63) is 35.6 Å². The van der Waals surface area contributed by atoms with Crippen LogP contribution in [0.4, 0.5) is 9.18 Å². The highest BCUT2D eigenvalue weighted by atomic mass is 19.1. The molecule has 1 saturated heterocycles. The van der Waals surface area contributed by atoms with E-state index in [0.29, 0.717) is 18.5 Å². The number of benzene rings is 1. The predicted octanol–water partition coefficient (Wildman–Crippen LogP) is 1.75. The number of hydrogen-bond acceptors (Lipinski definition) is 3. The molecule has 0 radical (unpaired) electrons. The van der Waals surface area contributed by atoms with E-state index in [0.717, 1.165) is 4.90 Å². The van der Waals surface area contributed by atoms with Crippen LogP contribution >= 0.6 is 0 Å². The second kappa shape index (κ2) is 6.98. The second-order valence-electron chi connectivity index (χ2n) is 6.29. The Morgan fingerprint density at radius 2 is 1.92 bits per heavy atom. The predicted molar refractivity (Wildman–Crippen MR) is 86.5 cm³/mol. The van der Waals surface area contributed by atoms with Crippen molar-refractivity contribution < 1.29 is 18.8 Å². The standard InChI is InChI=1S/C17H22FN3O3/c1-4-17(12-5-7-13(18)8-6-12)15(23)21(16(24)20-17)10-14(22)19-9-11(2)3/h5-8,11H,4,9-10H2,1-3H3,(H,19,22)(H,20,24). The number of carbonyl (C=O) groups excluding carboxylic acids is 3. The van der Waals surface area contributed by atoms with Crippen molar-refractivity contribution in [3.63, 3.8) is 0 Å². The van der Waals surface area contributed by atoms with E-state index in [4.69, 9.17) is 0 Å². The van der Waals surface area contributed by atoms with Crippen LogP contribution in [0.25, 0.3) is 0 Å². The van der Waals surface area contributed by atoms with Gasteiger partial charge in [0.25, 0.3) is 5.91 Å². The topological polar surface area (TPSA) is 78.5 Å². The van der Waals surface area contributed by atoms with E-state index in [-0.39, 0.29) is 12.5 Å². The maximum Gasteiger partial charge on any atom is 0.325 e. The second-order valence-corrected chi connectivity index (χ2v) is 6.29. The average Bonchev–Trinajstić information content (AvgIpc) is 2.78. The molecule has 24 heavy (non-hydrogen) atoms. The molecule has 1 aliphatic heterocycles. The van der Waals surface area contributed by atoms with Crippen LogP contribution in [0.15, 0.2) is 24.3 Å². The Balaban J connectivity index is 2.19. The zero-order valence-corrected chi connectivity index (χ0v) is 14.1. The zero-order chi connectivity index (χ0) is 17.9. The molecule has 0 saturated carbocycles. The van der Waals surface area contributed by atoms with Crippen molar-refractivity contribution in [1.29, 1.82) is 0 Å². The lowest BCUT2D eigenvalue weighted by Crippen LogP contribution is -2.45. The SMILES string of the molecule is CCC1(c2ccc(F)cc2)NC(=O)N(CC(=O)NCC(C)C)C1=O. The molecule has 0 spiro atoms. The fraction of sp³-hybridized carbons (Fsp3) is 0.471. The van der Waals surface area contributed by atoms with Gasteiger partial charge in [-0.05, 0) is 30.0 Å². The summed E-state index contributed by atoms with van der Waals surface area (Å²) in [5.41, 5.74) is -0.766. The van der Waals surface area contributed by atoms with Gasteiger partial charge in [0.1, 0.15) is 17.9 Å². The number of urea groups is 1. The minimum atomic E-state index is -1.26. The first-order chi connectivity index (χ1) is 11.3. The van der Waals surface area contributed by atoms with Gasteiger partial charge in [-0.1, -0.05) is 32.9 Å². The highest BCUT2D eigenvalue weighted by molar-refractivity contribution is 6.09. The molecule has 1 aromatic rings. The largest absolute Gasteiger partial charge is 0.354 e. The molecule has 1 heterocycles. The summed E-state index contributed by atoms with van der Waals surface area (Å²) >= 11 is 0. The molecule has 2 rings (SSSR count). The van der Waals surface area contributed by atoms with E-state index < -0.39 is 29.2 Å². The summed E-state index contributed by atoms with van der Waals surface area (Å²) in [6.45, 7) is 5.79. The number of nitrogens with one attached hydrogen (secondary N) is 2. The molecule has 0 aliphatic carbocycles. The van der Waals surface area contributed by atoms with Gasteiger partial charge in [0, 0.05) is 6.54 Å². The Kier molecular flexibility index (Phi) is 5.21.